The monoisotopic (exact) mass is 418 g/mol. The number of amides is 1. The normalized spacial score (nSPS) is 10.7. The summed E-state index contributed by atoms with van der Waals surface area (Å²) in [5, 5.41) is 3.30. The number of nitrogens with zero attached hydrogens (tertiary/aromatic N) is 1. The lowest BCUT2D eigenvalue weighted by atomic mass is 10.1. The first kappa shape index (κ1) is 17.8. The van der Waals surface area contributed by atoms with Gasteiger partial charge in [-0.3, -0.25) is 10.1 Å². The third kappa shape index (κ3) is 4.32. The summed E-state index contributed by atoms with van der Waals surface area (Å²) in [5.41, 5.74) is 2.17. The van der Waals surface area contributed by atoms with Crippen LogP contribution >= 0.6 is 27.3 Å². The van der Waals surface area contributed by atoms with Crippen LogP contribution in [0.5, 0.6) is 0 Å². The minimum absolute atomic E-state index is 0.275. The predicted molar refractivity (Wildman–Crippen MR) is 104 cm³/mol. The van der Waals surface area contributed by atoms with Crippen molar-refractivity contribution in [2.24, 2.45) is 0 Å². The molecule has 0 unspecified atom stereocenters. The van der Waals surface area contributed by atoms with E-state index in [0.29, 0.717) is 5.13 Å². The summed E-state index contributed by atoms with van der Waals surface area (Å²) in [5.74, 6) is -0.798. The highest BCUT2D eigenvalue weighted by Gasteiger charge is 2.15. The molecule has 0 radical (unpaired) electrons. The van der Waals surface area contributed by atoms with E-state index in [1.165, 1.54) is 29.5 Å². The number of hydrogen-bond donors (Lipinski definition) is 1. The maximum absolute atomic E-state index is 13.3. The first-order valence-corrected chi connectivity index (χ1v) is 9.50. The smallest absolute Gasteiger partial charge is 0.257 e. The summed E-state index contributed by atoms with van der Waals surface area (Å²) in [6, 6.07) is 13.5. The van der Waals surface area contributed by atoms with E-state index in [1.54, 1.807) is 6.07 Å². The molecule has 0 aliphatic carbocycles. The lowest BCUT2D eigenvalue weighted by molar-refractivity contribution is 0.102. The van der Waals surface area contributed by atoms with Crippen molar-refractivity contribution in [3.63, 3.8) is 0 Å². The van der Waals surface area contributed by atoms with Gasteiger partial charge in [-0.25, -0.2) is 9.37 Å². The first-order valence-electron chi connectivity index (χ1n) is 7.89. The van der Waals surface area contributed by atoms with E-state index in [-0.39, 0.29) is 11.5 Å². The number of rotatable bonds is 5. The fraction of sp³-hybridized carbons (Fsp3) is 0.158. The molecule has 1 heterocycles. The third-order valence-corrected chi connectivity index (χ3v) is 5.16. The molecule has 3 nitrogen and oxygen atoms in total. The largest absolute Gasteiger partial charge is 0.298 e. The molecule has 0 saturated heterocycles. The number of nitrogens with one attached hydrogen (secondary N) is 1. The predicted octanol–water partition coefficient (Wildman–Crippen LogP) is 5.92. The van der Waals surface area contributed by atoms with E-state index < -0.39 is 5.82 Å². The van der Waals surface area contributed by atoms with Crippen LogP contribution in [0.1, 0.15) is 28.6 Å². The molecule has 0 fully saturated rings. The van der Waals surface area contributed by atoms with Gasteiger partial charge in [0.25, 0.3) is 5.91 Å². The summed E-state index contributed by atoms with van der Waals surface area (Å²) in [4.78, 5) is 18.0. The van der Waals surface area contributed by atoms with Gasteiger partial charge in [0.15, 0.2) is 5.13 Å². The Morgan fingerprint density at radius 3 is 2.68 bits per heavy atom. The highest BCUT2D eigenvalue weighted by atomic mass is 79.9. The van der Waals surface area contributed by atoms with E-state index in [4.69, 9.17) is 0 Å². The molecular formula is C19H16BrFN2OS. The number of benzene rings is 2. The van der Waals surface area contributed by atoms with Crippen LogP contribution in [0, 0.1) is 5.82 Å². The quantitative estimate of drug-likeness (QED) is 0.558. The Labute approximate surface area is 158 Å². The first-order chi connectivity index (χ1) is 12.1. The van der Waals surface area contributed by atoms with E-state index >= 15 is 0 Å². The van der Waals surface area contributed by atoms with Crippen molar-refractivity contribution in [3.8, 4) is 11.3 Å². The fourth-order valence-corrected chi connectivity index (χ4v) is 3.78. The molecule has 1 N–H and O–H groups in total. The standard InChI is InChI=1S/C19H16BrFN2OS/c1-2-4-16-17(12-7-9-14(20)10-8-12)22-19(25-16)23-18(24)13-5-3-6-15(21)11-13/h3,5-11H,2,4H2,1H3,(H,22,23,24). The Balaban J connectivity index is 1.88. The number of carbonyl (C=O) groups excluding carboxylic acids is 1. The molecule has 0 bridgehead atoms. The van der Waals surface area contributed by atoms with Gasteiger partial charge >= 0.3 is 0 Å². The number of halogens is 2. The van der Waals surface area contributed by atoms with Gasteiger partial charge in [0.2, 0.25) is 0 Å². The zero-order valence-electron chi connectivity index (χ0n) is 13.6. The molecule has 25 heavy (non-hydrogen) atoms. The Morgan fingerprint density at radius 2 is 2.00 bits per heavy atom. The molecule has 128 valence electrons. The van der Waals surface area contributed by atoms with Crippen LogP contribution in [0.15, 0.2) is 53.0 Å². The summed E-state index contributed by atoms with van der Waals surface area (Å²) in [6.45, 7) is 2.11. The van der Waals surface area contributed by atoms with Crippen molar-refractivity contribution >= 4 is 38.3 Å². The number of hydrogen-bond acceptors (Lipinski definition) is 3. The van der Waals surface area contributed by atoms with Gasteiger partial charge in [0, 0.05) is 20.5 Å². The van der Waals surface area contributed by atoms with Gasteiger partial charge in [-0.05, 0) is 36.8 Å². The number of aromatic nitrogens is 1. The molecule has 1 amide bonds. The second-order valence-corrected chi connectivity index (χ2v) is 7.51. The van der Waals surface area contributed by atoms with Gasteiger partial charge in [-0.1, -0.05) is 47.5 Å². The number of anilines is 1. The zero-order chi connectivity index (χ0) is 17.8. The third-order valence-electron chi connectivity index (χ3n) is 3.60. The van der Waals surface area contributed by atoms with Gasteiger partial charge in [-0.2, -0.15) is 0 Å². The maximum Gasteiger partial charge on any atom is 0.257 e. The number of thiazole rings is 1. The van der Waals surface area contributed by atoms with Crippen LogP contribution in [-0.4, -0.2) is 10.9 Å². The molecule has 0 saturated carbocycles. The molecule has 1 aromatic heterocycles. The summed E-state index contributed by atoms with van der Waals surface area (Å²) >= 11 is 4.89. The van der Waals surface area contributed by atoms with Crippen molar-refractivity contribution in [3.05, 3.63) is 69.3 Å². The highest BCUT2D eigenvalue weighted by molar-refractivity contribution is 9.10. The summed E-state index contributed by atoms with van der Waals surface area (Å²) in [6.07, 6.45) is 1.88. The van der Waals surface area contributed by atoms with Gasteiger partial charge < -0.3 is 0 Å². The minimum atomic E-state index is -0.436. The molecule has 0 atom stereocenters. The molecule has 6 heteroatoms. The Morgan fingerprint density at radius 1 is 1.24 bits per heavy atom. The van der Waals surface area contributed by atoms with Crippen molar-refractivity contribution in [1.82, 2.24) is 4.98 Å². The molecule has 0 aliphatic heterocycles. The second kappa shape index (κ2) is 7.89. The molecular weight excluding hydrogens is 403 g/mol. The maximum atomic E-state index is 13.3. The van der Waals surface area contributed by atoms with E-state index in [2.05, 4.69) is 33.2 Å². The van der Waals surface area contributed by atoms with Crippen LogP contribution in [-0.2, 0) is 6.42 Å². The van der Waals surface area contributed by atoms with Crippen LogP contribution in [0.3, 0.4) is 0 Å². The van der Waals surface area contributed by atoms with Crippen molar-refractivity contribution in [2.45, 2.75) is 19.8 Å². The zero-order valence-corrected chi connectivity index (χ0v) is 16.0. The lowest BCUT2D eigenvalue weighted by Crippen LogP contribution is -2.11. The lowest BCUT2D eigenvalue weighted by Gasteiger charge is -2.02. The average molecular weight is 419 g/mol. The minimum Gasteiger partial charge on any atom is -0.298 e. The van der Waals surface area contributed by atoms with Crippen LogP contribution in [0.4, 0.5) is 9.52 Å². The molecule has 0 spiro atoms. The van der Waals surface area contributed by atoms with Crippen molar-refractivity contribution < 1.29 is 9.18 Å². The van der Waals surface area contributed by atoms with E-state index in [0.717, 1.165) is 33.4 Å². The number of carbonyl (C=O) groups is 1. The van der Waals surface area contributed by atoms with Crippen LogP contribution < -0.4 is 5.32 Å². The molecule has 0 aliphatic rings. The SMILES string of the molecule is CCCc1sc(NC(=O)c2cccc(F)c2)nc1-c1ccc(Br)cc1. The average Bonchev–Trinajstić information content (AvgIpc) is 2.98. The van der Waals surface area contributed by atoms with Crippen LogP contribution in [0.2, 0.25) is 0 Å². The van der Waals surface area contributed by atoms with E-state index in [9.17, 15) is 9.18 Å². The second-order valence-electron chi connectivity index (χ2n) is 5.51. The Kier molecular flexibility index (Phi) is 5.60. The summed E-state index contributed by atoms with van der Waals surface area (Å²) < 4.78 is 14.3. The van der Waals surface area contributed by atoms with Crippen molar-refractivity contribution in [1.29, 1.82) is 0 Å². The van der Waals surface area contributed by atoms with Gasteiger partial charge in [-0.15, -0.1) is 11.3 Å². The van der Waals surface area contributed by atoms with Gasteiger partial charge in [0.1, 0.15) is 5.82 Å². The molecule has 3 rings (SSSR count). The fourth-order valence-electron chi connectivity index (χ4n) is 2.43. The Bertz CT molecular complexity index is 893. The highest BCUT2D eigenvalue weighted by Crippen LogP contribution is 2.33. The Hall–Kier alpha value is -2.05. The molecule has 2 aromatic carbocycles. The van der Waals surface area contributed by atoms with Gasteiger partial charge in [0.05, 0.1) is 5.69 Å². The molecule has 3 aromatic rings. The van der Waals surface area contributed by atoms with Crippen LogP contribution in [0.25, 0.3) is 11.3 Å². The summed E-state index contributed by atoms with van der Waals surface area (Å²) in [7, 11) is 0. The van der Waals surface area contributed by atoms with E-state index in [1.807, 2.05) is 24.3 Å². The van der Waals surface area contributed by atoms with Crippen molar-refractivity contribution in [2.75, 3.05) is 5.32 Å². The number of aryl methyl sites for hydroxylation is 1. The topological polar surface area (TPSA) is 42.0 Å².